The van der Waals surface area contributed by atoms with Crippen molar-refractivity contribution in [2.24, 2.45) is 5.92 Å². The number of aromatic amines is 1. The lowest BCUT2D eigenvalue weighted by molar-refractivity contribution is -0.132. The van der Waals surface area contributed by atoms with Gasteiger partial charge in [0.1, 0.15) is 16.9 Å². The molecule has 1 unspecified atom stereocenters. The minimum atomic E-state index is -3.27. The van der Waals surface area contributed by atoms with Gasteiger partial charge in [0, 0.05) is 35.4 Å². The van der Waals surface area contributed by atoms with Crippen molar-refractivity contribution >= 4 is 33.4 Å². The van der Waals surface area contributed by atoms with Crippen LogP contribution in [0.5, 0.6) is 0 Å². The van der Waals surface area contributed by atoms with Gasteiger partial charge in [-0.2, -0.15) is 5.10 Å². The van der Waals surface area contributed by atoms with Crippen LogP contribution in [0.1, 0.15) is 23.8 Å². The Balaban J connectivity index is 1.72. The molecule has 0 amide bonds. The van der Waals surface area contributed by atoms with E-state index in [0.717, 1.165) is 5.56 Å². The molecule has 1 saturated heterocycles. The molecule has 1 aromatic heterocycles. The van der Waals surface area contributed by atoms with Crippen LogP contribution in [0.15, 0.2) is 47.3 Å². The van der Waals surface area contributed by atoms with Crippen molar-refractivity contribution in [1.29, 1.82) is 0 Å². The van der Waals surface area contributed by atoms with Crippen LogP contribution in [-0.4, -0.2) is 53.3 Å². The third-order valence-corrected chi connectivity index (χ3v) is 8.14. The Kier molecular flexibility index (Phi) is 5.60. The molecule has 1 fully saturated rings. The summed E-state index contributed by atoms with van der Waals surface area (Å²) in [6, 6.07) is 5.71. The van der Waals surface area contributed by atoms with Gasteiger partial charge in [-0.25, -0.2) is 21.9 Å². The van der Waals surface area contributed by atoms with E-state index in [2.05, 4.69) is 10.2 Å². The lowest BCUT2D eigenvalue weighted by Crippen LogP contribution is -2.38. The van der Waals surface area contributed by atoms with Gasteiger partial charge in [-0.15, -0.1) is 0 Å². The molecule has 0 bridgehead atoms. The Morgan fingerprint density at radius 2 is 1.93 bits per heavy atom. The smallest absolute Gasteiger partial charge is 0.353 e. The zero-order valence-corrected chi connectivity index (χ0v) is 17.8. The topological polar surface area (TPSA) is 107 Å². The number of hydrogen-bond donors (Lipinski definition) is 2. The molecule has 30 heavy (non-hydrogen) atoms. The molecule has 2 N–H and O–H groups in total. The summed E-state index contributed by atoms with van der Waals surface area (Å²) in [5, 5.41) is 16.5. The number of nitrogens with zero attached hydrogens (tertiary/aromatic N) is 3. The molecular weight excluding hydrogens is 431 g/mol. The predicted octanol–water partition coefficient (Wildman–Crippen LogP) is 2.77. The summed E-state index contributed by atoms with van der Waals surface area (Å²) < 4.78 is 38.6. The Morgan fingerprint density at radius 1 is 1.27 bits per heavy atom. The number of rotatable bonds is 5. The van der Waals surface area contributed by atoms with Gasteiger partial charge in [0.25, 0.3) is 0 Å². The van der Waals surface area contributed by atoms with Crippen molar-refractivity contribution in [3.63, 3.8) is 0 Å². The fraction of sp³-hybridized carbons (Fsp3) is 0.368. The van der Waals surface area contributed by atoms with Gasteiger partial charge in [0.15, 0.2) is 0 Å². The van der Waals surface area contributed by atoms with Gasteiger partial charge in [-0.05, 0) is 43.0 Å². The first-order valence-electron chi connectivity index (χ1n) is 9.38. The van der Waals surface area contributed by atoms with Crippen molar-refractivity contribution in [3.05, 3.63) is 58.6 Å². The molecule has 4 rings (SSSR count). The quantitative estimate of drug-likeness (QED) is 0.718. The van der Waals surface area contributed by atoms with Gasteiger partial charge < -0.3 is 10.0 Å². The summed E-state index contributed by atoms with van der Waals surface area (Å²) in [6.07, 6.45) is 5.62. The zero-order valence-electron chi connectivity index (χ0n) is 16.2. The molecule has 2 aromatic rings. The van der Waals surface area contributed by atoms with Crippen LogP contribution in [0.3, 0.4) is 0 Å². The second-order valence-corrected chi connectivity index (χ2v) is 10.4. The summed E-state index contributed by atoms with van der Waals surface area (Å²) in [4.78, 5) is 14.7. The molecule has 11 heteroatoms. The fourth-order valence-corrected chi connectivity index (χ4v) is 6.33. The molecule has 3 heterocycles. The highest BCUT2D eigenvalue weighted by Crippen LogP contribution is 2.53. The number of sulfonamides is 1. The van der Waals surface area contributed by atoms with E-state index in [9.17, 15) is 22.7 Å². The minimum Gasteiger partial charge on any atom is -0.477 e. The van der Waals surface area contributed by atoms with E-state index in [1.807, 2.05) is 0 Å². The van der Waals surface area contributed by atoms with E-state index < -0.39 is 21.8 Å². The van der Waals surface area contributed by atoms with Gasteiger partial charge in [0.05, 0.1) is 12.5 Å². The molecule has 0 spiro atoms. The average Bonchev–Trinajstić information content (AvgIpc) is 3.36. The molecule has 0 saturated carbocycles. The Labute approximate surface area is 177 Å². The number of anilines is 1. The number of carboxylic acid groups (broad SMARTS) is 1. The summed E-state index contributed by atoms with van der Waals surface area (Å²) >= 11 is 1.43. The molecule has 0 radical (unpaired) electrons. The normalized spacial score (nSPS) is 21.4. The molecule has 0 aliphatic carbocycles. The molecule has 8 nitrogen and oxygen atoms in total. The van der Waals surface area contributed by atoms with Crippen molar-refractivity contribution < 1.29 is 22.7 Å². The van der Waals surface area contributed by atoms with E-state index in [1.165, 1.54) is 34.5 Å². The Hall–Kier alpha value is -2.37. The van der Waals surface area contributed by atoms with E-state index in [4.69, 9.17) is 0 Å². The van der Waals surface area contributed by atoms with Crippen molar-refractivity contribution in [1.82, 2.24) is 14.5 Å². The van der Waals surface area contributed by atoms with E-state index in [1.54, 1.807) is 29.4 Å². The number of benzene rings is 1. The molecule has 160 valence electrons. The maximum atomic E-state index is 13.5. The lowest BCUT2D eigenvalue weighted by atomic mass is 9.96. The van der Waals surface area contributed by atoms with E-state index >= 15 is 0 Å². The largest absolute Gasteiger partial charge is 0.477 e. The maximum absolute atomic E-state index is 13.5. The summed E-state index contributed by atoms with van der Waals surface area (Å²) in [5.74, 6) is -1.54. The first-order valence-corrected chi connectivity index (χ1v) is 12.1. The second kappa shape index (κ2) is 8.05. The SMILES string of the molecule is CS(=O)(=O)N1CCC(C2=C(C(=O)O)N(c3ccc(F)cc3)C(c3cn[nH]c3)S2)CC1. The van der Waals surface area contributed by atoms with Crippen LogP contribution in [0.4, 0.5) is 10.1 Å². The highest BCUT2D eigenvalue weighted by atomic mass is 32.2. The zero-order chi connectivity index (χ0) is 21.5. The van der Waals surface area contributed by atoms with Crippen LogP contribution in [0, 0.1) is 11.7 Å². The number of aliphatic carboxylic acids is 1. The average molecular weight is 453 g/mol. The van der Waals surface area contributed by atoms with Gasteiger partial charge in [-0.1, -0.05) is 11.8 Å². The molecular formula is C19H21FN4O4S2. The van der Waals surface area contributed by atoms with Crippen LogP contribution >= 0.6 is 11.8 Å². The van der Waals surface area contributed by atoms with Crippen molar-refractivity contribution in [3.8, 4) is 0 Å². The number of hydrogen-bond acceptors (Lipinski definition) is 6. The van der Waals surface area contributed by atoms with E-state index in [-0.39, 0.29) is 17.0 Å². The van der Waals surface area contributed by atoms with Crippen LogP contribution in [0.25, 0.3) is 0 Å². The van der Waals surface area contributed by atoms with Crippen LogP contribution in [0.2, 0.25) is 0 Å². The van der Waals surface area contributed by atoms with Crippen LogP contribution in [-0.2, 0) is 14.8 Å². The van der Waals surface area contributed by atoms with Crippen molar-refractivity contribution in [2.75, 3.05) is 24.2 Å². The number of H-pyrrole nitrogens is 1. The third kappa shape index (κ3) is 3.96. The van der Waals surface area contributed by atoms with E-state index in [0.29, 0.717) is 36.5 Å². The number of piperidine rings is 1. The Morgan fingerprint density at radius 3 is 2.47 bits per heavy atom. The minimum absolute atomic E-state index is 0.0704. The first-order chi connectivity index (χ1) is 14.3. The van der Waals surface area contributed by atoms with Crippen LogP contribution < -0.4 is 4.90 Å². The molecule has 2 aliphatic heterocycles. The summed E-state index contributed by atoms with van der Waals surface area (Å²) in [7, 11) is -3.27. The number of allylic oxidation sites excluding steroid dienone is 1. The number of carbonyl (C=O) groups is 1. The second-order valence-electron chi connectivity index (χ2n) is 7.30. The third-order valence-electron chi connectivity index (χ3n) is 5.35. The lowest BCUT2D eigenvalue weighted by Gasteiger charge is -2.30. The monoisotopic (exact) mass is 452 g/mol. The Bertz CT molecular complexity index is 1060. The van der Waals surface area contributed by atoms with Crippen molar-refractivity contribution in [2.45, 2.75) is 18.2 Å². The highest BCUT2D eigenvalue weighted by Gasteiger charge is 2.42. The molecule has 1 atom stereocenters. The van der Waals surface area contributed by atoms with Gasteiger partial charge >= 0.3 is 5.97 Å². The molecule has 1 aromatic carbocycles. The number of thioether (sulfide) groups is 1. The number of halogens is 1. The number of aromatic nitrogens is 2. The predicted molar refractivity (Wildman–Crippen MR) is 112 cm³/mol. The number of nitrogens with one attached hydrogen (secondary N) is 1. The number of carboxylic acids is 1. The van der Waals surface area contributed by atoms with Gasteiger partial charge in [-0.3, -0.25) is 5.10 Å². The maximum Gasteiger partial charge on any atom is 0.353 e. The highest BCUT2D eigenvalue weighted by molar-refractivity contribution is 8.03. The summed E-state index contributed by atoms with van der Waals surface area (Å²) in [6.45, 7) is 0.709. The van der Waals surface area contributed by atoms with Gasteiger partial charge in [0.2, 0.25) is 10.0 Å². The first kappa shape index (κ1) is 20.9. The standard InChI is InChI=1S/C19H21FN4O4S2/c1-30(27,28)23-8-6-12(7-9-23)17-16(19(25)26)24(15-4-2-14(20)3-5-15)18(29-17)13-10-21-22-11-13/h2-5,10-12,18H,6-9H2,1H3,(H,21,22)(H,25,26). The molecule has 2 aliphatic rings. The fourth-order valence-electron chi connectivity index (χ4n) is 3.89. The summed E-state index contributed by atoms with van der Waals surface area (Å²) in [5.41, 5.74) is 1.51.